The second-order valence-electron chi connectivity index (χ2n) is 7.56. The molecule has 0 aromatic heterocycles. The molecule has 140 valence electrons. The monoisotopic (exact) mass is 358 g/mol. The lowest BCUT2D eigenvalue weighted by molar-refractivity contribution is -0.134. The Bertz CT molecular complexity index is 691. The summed E-state index contributed by atoms with van der Waals surface area (Å²) in [6.45, 7) is 1.03. The van der Waals surface area contributed by atoms with Crippen molar-refractivity contribution in [1.29, 1.82) is 0 Å². The first kappa shape index (κ1) is 17.2. The highest BCUT2D eigenvalue weighted by molar-refractivity contribution is 6.13. The van der Waals surface area contributed by atoms with E-state index in [-0.39, 0.29) is 17.9 Å². The normalized spacial score (nSPS) is 21.4. The van der Waals surface area contributed by atoms with Crippen molar-refractivity contribution in [3.8, 4) is 11.5 Å². The van der Waals surface area contributed by atoms with Gasteiger partial charge in [0.05, 0.1) is 0 Å². The molecule has 1 aromatic rings. The molecule has 1 heterocycles. The van der Waals surface area contributed by atoms with Crippen molar-refractivity contribution in [2.75, 3.05) is 18.5 Å². The minimum Gasteiger partial charge on any atom is -0.486 e. The van der Waals surface area contributed by atoms with E-state index in [1.165, 1.54) is 12.8 Å². The summed E-state index contributed by atoms with van der Waals surface area (Å²) < 4.78 is 11.0. The number of carbonyl (C=O) groups excluding carboxylic acids is 2. The van der Waals surface area contributed by atoms with Crippen molar-refractivity contribution >= 4 is 17.5 Å². The molecule has 6 heteroatoms. The molecule has 4 rings (SSSR count). The number of anilines is 1. The molecule has 2 N–H and O–H groups in total. The molecule has 2 fully saturated rings. The summed E-state index contributed by atoms with van der Waals surface area (Å²) in [4.78, 5) is 25.5. The van der Waals surface area contributed by atoms with Crippen molar-refractivity contribution in [3.63, 3.8) is 0 Å². The maximum absolute atomic E-state index is 12.8. The van der Waals surface area contributed by atoms with Crippen LogP contribution in [0.25, 0.3) is 0 Å². The predicted octanol–water partition coefficient (Wildman–Crippen LogP) is 3.02. The third kappa shape index (κ3) is 3.50. The molecule has 0 radical (unpaired) electrons. The maximum Gasteiger partial charge on any atom is 0.240 e. The summed E-state index contributed by atoms with van der Waals surface area (Å²) in [7, 11) is 0. The van der Waals surface area contributed by atoms with E-state index in [1.807, 2.05) is 0 Å². The first-order valence-corrected chi connectivity index (χ1v) is 9.69. The van der Waals surface area contributed by atoms with E-state index >= 15 is 0 Å². The summed E-state index contributed by atoms with van der Waals surface area (Å²) in [6, 6.07) is 5.54. The second-order valence-corrected chi connectivity index (χ2v) is 7.56. The van der Waals surface area contributed by atoms with Crippen LogP contribution in [0, 0.1) is 5.41 Å². The molecule has 0 unspecified atom stereocenters. The lowest BCUT2D eigenvalue weighted by Crippen LogP contribution is -2.44. The fraction of sp³-hybridized carbons (Fsp3) is 0.600. The summed E-state index contributed by atoms with van der Waals surface area (Å²) in [5.74, 6) is 0.975. The lowest BCUT2D eigenvalue weighted by Gasteiger charge is -2.22. The Morgan fingerprint density at radius 3 is 2.31 bits per heavy atom. The number of benzene rings is 1. The second kappa shape index (κ2) is 7.17. The molecule has 1 aromatic carbocycles. The Kier molecular flexibility index (Phi) is 4.74. The van der Waals surface area contributed by atoms with Gasteiger partial charge in [0.2, 0.25) is 11.8 Å². The molecule has 2 amide bonds. The van der Waals surface area contributed by atoms with Crippen LogP contribution < -0.4 is 20.1 Å². The highest BCUT2D eigenvalue weighted by atomic mass is 16.6. The number of rotatable bonds is 4. The number of ether oxygens (including phenoxy) is 2. The van der Waals surface area contributed by atoms with Crippen LogP contribution in [0.4, 0.5) is 5.69 Å². The van der Waals surface area contributed by atoms with E-state index in [4.69, 9.17) is 9.47 Å². The zero-order valence-corrected chi connectivity index (χ0v) is 15.0. The third-order valence-corrected chi connectivity index (χ3v) is 5.61. The number of fused-ring (bicyclic) bond motifs is 1. The van der Waals surface area contributed by atoms with Gasteiger partial charge in [0.15, 0.2) is 11.5 Å². The molecule has 6 nitrogen and oxygen atoms in total. The number of hydrogen-bond donors (Lipinski definition) is 2. The van der Waals surface area contributed by atoms with Gasteiger partial charge in [0.25, 0.3) is 0 Å². The molecule has 0 atom stereocenters. The van der Waals surface area contributed by atoms with Crippen molar-refractivity contribution in [2.24, 2.45) is 5.41 Å². The van der Waals surface area contributed by atoms with E-state index in [0.717, 1.165) is 25.7 Å². The number of amides is 2. The summed E-state index contributed by atoms with van der Waals surface area (Å²) in [5, 5.41) is 6.02. The van der Waals surface area contributed by atoms with E-state index in [9.17, 15) is 9.59 Å². The summed E-state index contributed by atoms with van der Waals surface area (Å²) >= 11 is 0. The zero-order chi connectivity index (χ0) is 18.0. The number of nitrogens with one attached hydrogen (secondary N) is 2. The molecule has 26 heavy (non-hydrogen) atoms. The number of hydrogen-bond acceptors (Lipinski definition) is 4. The fourth-order valence-corrected chi connectivity index (χ4v) is 3.80. The molecule has 0 bridgehead atoms. The Morgan fingerprint density at radius 1 is 0.923 bits per heavy atom. The molecule has 3 aliphatic rings. The van der Waals surface area contributed by atoms with Gasteiger partial charge >= 0.3 is 0 Å². The van der Waals surface area contributed by atoms with Gasteiger partial charge in [-0.2, -0.15) is 0 Å². The van der Waals surface area contributed by atoms with E-state index in [1.54, 1.807) is 18.2 Å². The first-order valence-electron chi connectivity index (χ1n) is 9.69. The largest absolute Gasteiger partial charge is 0.486 e. The first-order chi connectivity index (χ1) is 12.7. The Hall–Kier alpha value is -2.24. The average Bonchev–Trinajstić information content (AvgIpc) is 3.47. The topological polar surface area (TPSA) is 76.7 Å². The van der Waals surface area contributed by atoms with Crippen molar-refractivity contribution in [1.82, 2.24) is 5.32 Å². The molecule has 2 saturated carbocycles. The van der Waals surface area contributed by atoms with E-state index in [2.05, 4.69) is 10.6 Å². The van der Waals surface area contributed by atoms with Gasteiger partial charge in [0, 0.05) is 17.8 Å². The third-order valence-electron chi connectivity index (χ3n) is 5.61. The lowest BCUT2D eigenvalue weighted by atomic mass is 10.0. The van der Waals surface area contributed by atoms with Gasteiger partial charge < -0.3 is 20.1 Å². The van der Waals surface area contributed by atoms with Crippen LogP contribution in [0.2, 0.25) is 0 Å². The Morgan fingerprint density at radius 2 is 1.62 bits per heavy atom. The fourth-order valence-electron chi connectivity index (χ4n) is 3.80. The summed E-state index contributed by atoms with van der Waals surface area (Å²) in [6.07, 6.45) is 8.05. The predicted molar refractivity (Wildman–Crippen MR) is 97.4 cm³/mol. The quantitative estimate of drug-likeness (QED) is 0.641. The minimum atomic E-state index is -0.903. The molecule has 0 spiro atoms. The average molecular weight is 358 g/mol. The molecular weight excluding hydrogens is 332 g/mol. The van der Waals surface area contributed by atoms with Gasteiger partial charge in [-0.25, -0.2) is 0 Å². The van der Waals surface area contributed by atoms with Crippen LogP contribution in [0.15, 0.2) is 18.2 Å². The highest BCUT2D eigenvalue weighted by Crippen LogP contribution is 2.47. The van der Waals surface area contributed by atoms with Crippen LogP contribution in [-0.2, 0) is 9.59 Å². The summed E-state index contributed by atoms with van der Waals surface area (Å²) in [5.41, 5.74) is -0.271. The van der Waals surface area contributed by atoms with Gasteiger partial charge in [-0.1, -0.05) is 25.7 Å². The van der Waals surface area contributed by atoms with Crippen LogP contribution in [-0.4, -0.2) is 31.1 Å². The molecule has 1 aliphatic heterocycles. The van der Waals surface area contributed by atoms with E-state index in [0.29, 0.717) is 43.2 Å². The van der Waals surface area contributed by atoms with Crippen molar-refractivity contribution < 1.29 is 19.1 Å². The SMILES string of the molecule is O=C(Nc1ccc2c(c1)OCCO2)C1(C(=O)NC2CCCCCC2)CC1. The maximum atomic E-state index is 12.8. The zero-order valence-electron chi connectivity index (χ0n) is 15.0. The van der Waals surface area contributed by atoms with Gasteiger partial charge in [0.1, 0.15) is 18.6 Å². The Labute approximate surface area is 153 Å². The van der Waals surface area contributed by atoms with Crippen LogP contribution >= 0.6 is 0 Å². The van der Waals surface area contributed by atoms with Crippen LogP contribution in [0.5, 0.6) is 11.5 Å². The van der Waals surface area contributed by atoms with Gasteiger partial charge in [-0.15, -0.1) is 0 Å². The van der Waals surface area contributed by atoms with Crippen LogP contribution in [0.1, 0.15) is 51.4 Å². The van der Waals surface area contributed by atoms with Crippen LogP contribution in [0.3, 0.4) is 0 Å². The van der Waals surface area contributed by atoms with Gasteiger partial charge in [-0.3, -0.25) is 9.59 Å². The molecule has 0 saturated heterocycles. The molecular formula is C20H26N2O4. The minimum absolute atomic E-state index is 0.112. The van der Waals surface area contributed by atoms with Crippen molar-refractivity contribution in [2.45, 2.75) is 57.4 Å². The smallest absolute Gasteiger partial charge is 0.240 e. The Balaban J connectivity index is 1.39. The van der Waals surface area contributed by atoms with E-state index < -0.39 is 5.41 Å². The molecule has 2 aliphatic carbocycles. The standard InChI is InChI=1S/C20H26N2O4/c23-18(21-14-5-3-1-2-4-6-14)20(9-10-20)19(24)22-15-7-8-16-17(13-15)26-12-11-25-16/h7-8,13-14H,1-6,9-12H2,(H,21,23)(H,22,24). The number of carbonyl (C=O) groups is 2. The highest BCUT2D eigenvalue weighted by Gasteiger charge is 2.56. The van der Waals surface area contributed by atoms with Crippen molar-refractivity contribution in [3.05, 3.63) is 18.2 Å². The van der Waals surface area contributed by atoms with Gasteiger partial charge in [-0.05, 0) is 37.8 Å².